The third kappa shape index (κ3) is 6.06. The van der Waals surface area contributed by atoms with E-state index < -0.39 is 5.97 Å². The molecule has 0 radical (unpaired) electrons. The molecule has 1 aliphatic rings. The molecule has 6 heteroatoms. The van der Waals surface area contributed by atoms with E-state index in [1.165, 1.54) is 5.56 Å². The van der Waals surface area contributed by atoms with Crippen LogP contribution in [0.5, 0.6) is 0 Å². The second-order valence-electron chi connectivity index (χ2n) is 8.54. The highest BCUT2D eigenvalue weighted by Gasteiger charge is 2.14. The van der Waals surface area contributed by atoms with Gasteiger partial charge in [-0.1, -0.05) is 54.6 Å². The molecule has 0 aromatic heterocycles. The van der Waals surface area contributed by atoms with Gasteiger partial charge in [0.15, 0.2) is 0 Å². The molecule has 4 rings (SSSR count). The summed E-state index contributed by atoms with van der Waals surface area (Å²) in [5.41, 5.74) is 4.92. The summed E-state index contributed by atoms with van der Waals surface area (Å²) in [6.07, 6.45) is -0.142. The van der Waals surface area contributed by atoms with Gasteiger partial charge in [-0.05, 0) is 47.5 Å². The molecule has 1 fully saturated rings. The Bertz CT molecular complexity index is 1120. The zero-order valence-electron chi connectivity index (χ0n) is 18.8. The number of carbonyl (C=O) groups excluding carboxylic acids is 1. The maximum atomic E-state index is 12.9. The van der Waals surface area contributed by atoms with Crippen LogP contribution in [0.2, 0.25) is 0 Å². The van der Waals surface area contributed by atoms with Crippen LogP contribution in [0.15, 0.2) is 72.8 Å². The summed E-state index contributed by atoms with van der Waals surface area (Å²) in [6, 6.07) is 23.0. The van der Waals surface area contributed by atoms with E-state index in [0.29, 0.717) is 16.8 Å². The number of benzene rings is 3. The van der Waals surface area contributed by atoms with E-state index in [1.807, 2.05) is 18.2 Å². The molecule has 170 valence electrons. The van der Waals surface area contributed by atoms with Crippen LogP contribution >= 0.6 is 0 Å². The van der Waals surface area contributed by atoms with E-state index in [-0.39, 0.29) is 12.3 Å². The highest BCUT2D eigenvalue weighted by molar-refractivity contribution is 6.05. The Balaban J connectivity index is 1.44. The summed E-state index contributed by atoms with van der Waals surface area (Å²) >= 11 is 0. The van der Waals surface area contributed by atoms with E-state index in [9.17, 15) is 9.59 Å². The third-order valence-electron chi connectivity index (χ3n) is 6.02. The number of rotatable bonds is 7. The van der Waals surface area contributed by atoms with Gasteiger partial charge in [-0.2, -0.15) is 0 Å². The van der Waals surface area contributed by atoms with Crippen molar-refractivity contribution in [1.29, 1.82) is 0 Å². The van der Waals surface area contributed by atoms with Gasteiger partial charge in [-0.25, -0.2) is 0 Å². The summed E-state index contributed by atoms with van der Waals surface area (Å²) in [7, 11) is 2.16. The maximum absolute atomic E-state index is 12.9. The molecule has 1 saturated heterocycles. The van der Waals surface area contributed by atoms with Crippen LogP contribution < -0.4 is 5.32 Å². The summed E-state index contributed by atoms with van der Waals surface area (Å²) in [5, 5.41) is 12.0. The summed E-state index contributed by atoms with van der Waals surface area (Å²) in [6.45, 7) is 5.34. The molecule has 0 aliphatic carbocycles. The standard InChI is InChI=1S/C27H29N3O3/c1-29-13-15-30(16-14-29)19-20-9-11-21(12-10-20)22-6-4-7-24(17-22)27(33)28-25-8-3-2-5-23(25)18-26(31)32/h2-12,17H,13-16,18-19H2,1H3,(H,28,33)(H,31,32). The molecule has 1 heterocycles. The Morgan fingerprint density at radius 2 is 1.61 bits per heavy atom. The molecule has 0 unspecified atom stereocenters. The molecular formula is C27H29N3O3. The van der Waals surface area contributed by atoms with E-state index in [1.54, 1.807) is 30.3 Å². The fraction of sp³-hybridized carbons (Fsp3) is 0.259. The molecule has 0 saturated carbocycles. The smallest absolute Gasteiger partial charge is 0.307 e. The number of para-hydroxylation sites is 1. The number of piperazine rings is 1. The lowest BCUT2D eigenvalue weighted by molar-refractivity contribution is -0.136. The minimum atomic E-state index is -0.935. The van der Waals surface area contributed by atoms with Crippen molar-refractivity contribution in [3.8, 4) is 11.1 Å². The fourth-order valence-electron chi connectivity index (χ4n) is 4.06. The predicted molar refractivity (Wildman–Crippen MR) is 130 cm³/mol. The van der Waals surface area contributed by atoms with Crippen molar-refractivity contribution in [2.24, 2.45) is 0 Å². The van der Waals surface area contributed by atoms with E-state index in [0.717, 1.165) is 43.9 Å². The van der Waals surface area contributed by atoms with Gasteiger partial charge < -0.3 is 15.3 Å². The average molecular weight is 444 g/mol. The van der Waals surface area contributed by atoms with Crippen molar-refractivity contribution < 1.29 is 14.7 Å². The van der Waals surface area contributed by atoms with Crippen molar-refractivity contribution in [2.75, 3.05) is 38.5 Å². The molecule has 3 aromatic rings. The normalized spacial score (nSPS) is 14.7. The van der Waals surface area contributed by atoms with Crippen LogP contribution in [0.25, 0.3) is 11.1 Å². The number of hydrogen-bond donors (Lipinski definition) is 2. The lowest BCUT2D eigenvalue weighted by Gasteiger charge is -2.32. The number of carboxylic acid groups (broad SMARTS) is 1. The molecule has 0 bridgehead atoms. The van der Waals surface area contributed by atoms with Crippen LogP contribution in [-0.2, 0) is 17.8 Å². The number of nitrogens with zero attached hydrogens (tertiary/aromatic N) is 2. The lowest BCUT2D eigenvalue weighted by atomic mass is 10.0. The van der Waals surface area contributed by atoms with Gasteiger partial charge in [-0.15, -0.1) is 0 Å². The molecule has 2 N–H and O–H groups in total. The van der Waals surface area contributed by atoms with Crippen molar-refractivity contribution >= 4 is 17.6 Å². The molecule has 1 aliphatic heterocycles. The zero-order valence-corrected chi connectivity index (χ0v) is 18.8. The average Bonchev–Trinajstić information content (AvgIpc) is 2.82. The second kappa shape index (κ2) is 10.4. The molecular weight excluding hydrogens is 414 g/mol. The molecule has 1 amide bonds. The first-order valence-corrected chi connectivity index (χ1v) is 11.2. The van der Waals surface area contributed by atoms with Crippen LogP contribution in [0.3, 0.4) is 0 Å². The number of carboxylic acids is 1. The SMILES string of the molecule is CN1CCN(Cc2ccc(-c3cccc(C(=O)Nc4ccccc4CC(=O)O)c3)cc2)CC1. The largest absolute Gasteiger partial charge is 0.481 e. The number of hydrogen-bond acceptors (Lipinski definition) is 4. The number of amides is 1. The van der Waals surface area contributed by atoms with Gasteiger partial charge in [0.1, 0.15) is 0 Å². The minimum absolute atomic E-state index is 0.142. The van der Waals surface area contributed by atoms with Crippen molar-refractivity contribution in [3.05, 3.63) is 89.5 Å². The first kappa shape index (κ1) is 22.7. The number of anilines is 1. The minimum Gasteiger partial charge on any atom is -0.481 e. The number of carbonyl (C=O) groups is 2. The van der Waals surface area contributed by atoms with Gasteiger partial charge in [0.25, 0.3) is 5.91 Å². The van der Waals surface area contributed by atoms with Crippen LogP contribution in [0.4, 0.5) is 5.69 Å². The quantitative estimate of drug-likeness (QED) is 0.578. The van der Waals surface area contributed by atoms with E-state index >= 15 is 0 Å². The number of aliphatic carboxylic acids is 1. The summed E-state index contributed by atoms with van der Waals surface area (Å²) in [4.78, 5) is 28.8. The first-order valence-electron chi connectivity index (χ1n) is 11.2. The number of nitrogens with one attached hydrogen (secondary N) is 1. The zero-order chi connectivity index (χ0) is 23.2. The van der Waals surface area contributed by atoms with Gasteiger partial charge in [-0.3, -0.25) is 14.5 Å². The number of likely N-dealkylation sites (N-methyl/N-ethyl adjacent to an activating group) is 1. The molecule has 33 heavy (non-hydrogen) atoms. The Hall–Kier alpha value is -3.48. The summed E-state index contributed by atoms with van der Waals surface area (Å²) < 4.78 is 0. The molecule has 3 aromatic carbocycles. The van der Waals surface area contributed by atoms with Gasteiger partial charge in [0.2, 0.25) is 0 Å². The van der Waals surface area contributed by atoms with E-state index in [4.69, 9.17) is 5.11 Å². The first-order chi connectivity index (χ1) is 16.0. The topological polar surface area (TPSA) is 72.9 Å². The lowest BCUT2D eigenvalue weighted by Crippen LogP contribution is -2.43. The van der Waals surface area contributed by atoms with Crippen LogP contribution in [0, 0.1) is 0 Å². The maximum Gasteiger partial charge on any atom is 0.307 e. The monoisotopic (exact) mass is 443 g/mol. The third-order valence-corrected chi connectivity index (χ3v) is 6.02. The second-order valence-corrected chi connectivity index (χ2v) is 8.54. The Kier molecular flexibility index (Phi) is 7.17. The van der Waals surface area contributed by atoms with Crippen LogP contribution in [0.1, 0.15) is 21.5 Å². The van der Waals surface area contributed by atoms with Crippen molar-refractivity contribution in [1.82, 2.24) is 9.80 Å². The predicted octanol–water partition coefficient (Wildman–Crippen LogP) is 3.98. The highest BCUT2D eigenvalue weighted by atomic mass is 16.4. The van der Waals surface area contributed by atoms with Gasteiger partial charge >= 0.3 is 5.97 Å². The molecule has 0 atom stereocenters. The highest BCUT2D eigenvalue weighted by Crippen LogP contribution is 2.23. The summed E-state index contributed by atoms with van der Waals surface area (Å²) in [5.74, 6) is -1.20. The van der Waals surface area contributed by atoms with Crippen molar-refractivity contribution in [2.45, 2.75) is 13.0 Å². The van der Waals surface area contributed by atoms with Gasteiger partial charge in [0, 0.05) is 44.0 Å². The van der Waals surface area contributed by atoms with Crippen molar-refractivity contribution in [3.63, 3.8) is 0 Å². The Morgan fingerprint density at radius 1 is 0.879 bits per heavy atom. The fourth-order valence-corrected chi connectivity index (χ4v) is 4.06. The Labute approximate surface area is 194 Å². The van der Waals surface area contributed by atoms with Gasteiger partial charge in [0.05, 0.1) is 6.42 Å². The van der Waals surface area contributed by atoms with E-state index in [2.05, 4.69) is 46.4 Å². The van der Waals surface area contributed by atoms with Crippen LogP contribution in [-0.4, -0.2) is 60.0 Å². The molecule has 0 spiro atoms. The Morgan fingerprint density at radius 3 is 2.33 bits per heavy atom. The molecule has 6 nitrogen and oxygen atoms in total.